The van der Waals surface area contributed by atoms with Crippen LogP contribution < -0.4 is 10.9 Å². The number of hydrogen-bond acceptors (Lipinski definition) is 5. The van der Waals surface area contributed by atoms with Crippen LogP contribution in [0.4, 0.5) is 0 Å². The predicted octanol–water partition coefficient (Wildman–Crippen LogP) is 7.00. The molecule has 210 valence electrons. The molecule has 1 aromatic heterocycles. The van der Waals surface area contributed by atoms with E-state index in [1.165, 1.54) is 16.6 Å². The Morgan fingerprint density at radius 2 is 1.90 bits per heavy atom. The van der Waals surface area contributed by atoms with Crippen LogP contribution in [0, 0.1) is 5.92 Å². The van der Waals surface area contributed by atoms with Crippen molar-refractivity contribution >= 4 is 22.5 Å². The summed E-state index contributed by atoms with van der Waals surface area (Å²) in [4.78, 5) is 17.6. The second-order valence-corrected chi connectivity index (χ2v) is 11.8. The fraction of sp³-hybridized carbons (Fsp3) is 0.314. The van der Waals surface area contributed by atoms with Crippen molar-refractivity contribution in [2.45, 2.75) is 65.3 Å². The number of amides is 1. The van der Waals surface area contributed by atoms with Crippen LogP contribution in [-0.2, 0) is 11.8 Å². The fourth-order valence-corrected chi connectivity index (χ4v) is 5.46. The van der Waals surface area contributed by atoms with Crippen molar-refractivity contribution in [3.05, 3.63) is 119 Å². The van der Waals surface area contributed by atoms with Crippen LogP contribution in [-0.4, -0.2) is 27.0 Å². The van der Waals surface area contributed by atoms with Crippen LogP contribution in [0.1, 0.15) is 74.5 Å². The maximum absolute atomic E-state index is 13.2. The van der Waals surface area contributed by atoms with E-state index >= 15 is 0 Å². The van der Waals surface area contributed by atoms with Gasteiger partial charge >= 0.3 is 0 Å². The number of pyridine rings is 1. The molecule has 1 fully saturated rings. The number of aryl methyl sites for hydroxylation is 1. The number of nitrogens with zero attached hydrogens (tertiary/aromatic N) is 3. The largest absolute Gasteiger partial charge is 0.346 e. The van der Waals surface area contributed by atoms with E-state index in [2.05, 4.69) is 115 Å². The number of hydrogen-bond donors (Lipinski definition) is 2. The number of aromatic nitrogens is 1. The Morgan fingerprint density at radius 1 is 1.07 bits per heavy atom. The van der Waals surface area contributed by atoms with E-state index in [0.717, 1.165) is 52.7 Å². The van der Waals surface area contributed by atoms with Crippen LogP contribution in [0.2, 0.25) is 0 Å². The summed E-state index contributed by atoms with van der Waals surface area (Å²) < 4.78 is 0. The third-order valence-electron chi connectivity index (χ3n) is 8.41. The van der Waals surface area contributed by atoms with Gasteiger partial charge in [0.25, 0.3) is 5.91 Å². The van der Waals surface area contributed by atoms with Gasteiger partial charge in [0, 0.05) is 46.6 Å². The van der Waals surface area contributed by atoms with Crippen molar-refractivity contribution in [2.24, 2.45) is 5.92 Å². The molecule has 1 aliphatic carbocycles. The molecule has 3 heterocycles. The first-order valence-electron chi connectivity index (χ1n) is 14.7. The summed E-state index contributed by atoms with van der Waals surface area (Å²) in [5.74, 6) is 0.476. The molecule has 0 saturated heterocycles. The molecule has 1 amide bonds. The lowest BCUT2D eigenvalue weighted by Crippen LogP contribution is -2.34. The van der Waals surface area contributed by atoms with E-state index in [0.29, 0.717) is 5.92 Å². The highest BCUT2D eigenvalue weighted by molar-refractivity contribution is 5.96. The summed E-state index contributed by atoms with van der Waals surface area (Å²) in [6.45, 7) is 10.5. The Hall–Kier alpha value is -4.16. The first-order valence-corrected chi connectivity index (χ1v) is 14.7. The van der Waals surface area contributed by atoms with Gasteiger partial charge in [-0.05, 0) is 80.5 Å². The molecule has 3 aromatic rings. The van der Waals surface area contributed by atoms with Crippen molar-refractivity contribution in [3.63, 3.8) is 0 Å². The highest BCUT2D eigenvalue weighted by atomic mass is 16.1. The molecule has 2 aliphatic heterocycles. The highest BCUT2D eigenvalue weighted by Gasteiger charge is 2.54. The molecule has 3 aliphatic rings. The van der Waals surface area contributed by atoms with E-state index in [4.69, 9.17) is 0 Å². The van der Waals surface area contributed by atoms with Crippen LogP contribution in [0.25, 0.3) is 16.6 Å². The molecule has 1 saturated carbocycles. The maximum atomic E-state index is 13.2. The lowest BCUT2D eigenvalue weighted by atomic mass is 9.93. The Kier molecular flexibility index (Phi) is 7.04. The van der Waals surface area contributed by atoms with Gasteiger partial charge in [-0.2, -0.15) is 0 Å². The first-order chi connectivity index (χ1) is 19.8. The highest BCUT2D eigenvalue weighted by Crippen LogP contribution is 2.58. The van der Waals surface area contributed by atoms with Gasteiger partial charge in [-0.15, -0.1) is 5.53 Å². The summed E-state index contributed by atoms with van der Waals surface area (Å²) in [6.07, 6.45) is 15.6. The zero-order valence-electron chi connectivity index (χ0n) is 24.6. The molecule has 6 nitrogen and oxygen atoms in total. The third kappa shape index (κ3) is 5.57. The number of nitrogens with one attached hydrogen (secondary N) is 2. The van der Waals surface area contributed by atoms with Crippen LogP contribution in [0.15, 0.2) is 96.6 Å². The SMILES string of the molecule is CCc1cc(C2=CN2NN2C=C2C2(c3ccc4ncccc4c3)CC2)ccc1C(=O)NC(C)/C(C)=C/C=C\C(C)C. The minimum atomic E-state index is -0.0372. The molecule has 0 bridgehead atoms. The molecular weight excluding hydrogens is 506 g/mol. The van der Waals surface area contributed by atoms with Gasteiger partial charge in [-0.1, -0.05) is 62.8 Å². The summed E-state index contributed by atoms with van der Waals surface area (Å²) in [5, 5.41) is 8.55. The lowest BCUT2D eigenvalue weighted by Gasteiger charge is -2.19. The lowest BCUT2D eigenvalue weighted by molar-refractivity contribution is 0.0944. The molecule has 1 unspecified atom stereocenters. The average molecular weight is 546 g/mol. The van der Waals surface area contributed by atoms with Gasteiger partial charge in [0.05, 0.1) is 16.9 Å². The molecule has 2 N–H and O–H groups in total. The van der Waals surface area contributed by atoms with Crippen molar-refractivity contribution in [2.75, 3.05) is 0 Å². The molecule has 41 heavy (non-hydrogen) atoms. The monoisotopic (exact) mass is 545 g/mol. The Labute approximate surface area is 243 Å². The van der Waals surface area contributed by atoms with Crippen LogP contribution in [0.3, 0.4) is 0 Å². The first kappa shape index (κ1) is 27.0. The Bertz CT molecular complexity index is 1620. The van der Waals surface area contributed by atoms with Gasteiger partial charge in [-0.25, -0.2) is 0 Å². The molecule has 1 atom stereocenters. The molecular formula is C35H39N5O. The third-order valence-corrected chi connectivity index (χ3v) is 8.41. The standard InChI is InChI=1S/C35H39N5O/c1-6-26-19-28(12-14-30(26)34(41)37-25(5)24(4)10-7-9-23(2)3)32-21-39(32)38-40-22-33(40)35(16-17-35)29-13-15-31-27(20-29)11-8-18-36-31/h7-15,18-23,25,38H,6,16-17H2,1-5H3,(H,37,41)/b9-7-,24-10+. The van der Waals surface area contributed by atoms with Gasteiger partial charge in [0.15, 0.2) is 0 Å². The van der Waals surface area contributed by atoms with Crippen molar-refractivity contribution in [1.29, 1.82) is 0 Å². The van der Waals surface area contributed by atoms with E-state index < -0.39 is 0 Å². The number of carbonyl (C=O) groups is 1. The van der Waals surface area contributed by atoms with E-state index in [-0.39, 0.29) is 17.4 Å². The quantitative estimate of drug-likeness (QED) is 0.254. The maximum Gasteiger partial charge on any atom is 0.252 e. The zero-order chi connectivity index (χ0) is 28.7. The van der Waals surface area contributed by atoms with Crippen LogP contribution in [0.5, 0.6) is 0 Å². The smallest absolute Gasteiger partial charge is 0.252 e. The van der Waals surface area contributed by atoms with Gasteiger partial charge in [0.1, 0.15) is 0 Å². The van der Waals surface area contributed by atoms with Gasteiger partial charge < -0.3 is 5.32 Å². The van der Waals surface area contributed by atoms with Crippen molar-refractivity contribution < 1.29 is 4.79 Å². The van der Waals surface area contributed by atoms with Gasteiger partial charge in [0.2, 0.25) is 0 Å². The number of allylic oxidation sites excluding steroid dienone is 4. The number of hydrazine groups is 2. The predicted molar refractivity (Wildman–Crippen MR) is 166 cm³/mol. The normalized spacial score (nSPS) is 18.0. The van der Waals surface area contributed by atoms with Gasteiger partial charge in [-0.3, -0.25) is 19.8 Å². The average Bonchev–Trinajstić information content (AvgIpc) is 3.85. The summed E-state index contributed by atoms with van der Waals surface area (Å²) in [7, 11) is 0. The Morgan fingerprint density at radius 3 is 2.66 bits per heavy atom. The fourth-order valence-electron chi connectivity index (χ4n) is 5.46. The molecule has 0 radical (unpaired) electrons. The summed E-state index contributed by atoms with van der Waals surface area (Å²) in [6, 6.07) is 16.9. The van der Waals surface area contributed by atoms with E-state index in [9.17, 15) is 4.79 Å². The topological polar surface area (TPSA) is 60.0 Å². The zero-order valence-corrected chi connectivity index (χ0v) is 24.6. The molecule has 0 spiro atoms. The number of fused-ring (bicyclic) bond motifs is 1. The van der Waals surface area contributed by atoms with Crippen molar-refractivity contribution in [3.8, 4) is 0 Å². The number of benzene rings is 2. The summed E-state index contributed by atoms with van der Waals surface area (Å²) >= 11 is 0. The van der Waals surface area contributed by atoms with Crippen molar-refractivity contribution in [1.82, 2.24) is 25.9 Å². The summed E-state index contributed by atoms with van der Waals surface area (Å²) in [5.41, 5.74) is 12.5. The molecule has 2 aromatic carbocycles. The minimum Gasteiger partial charge on any atom is -0.346 e. The Balaban J connectivity index is 1.06. The second-order valence-electron chi connectivity index (χ2n) is 11.8. The molecule has 6 heteroatoms. The minimum absolute atomic E-state index is 0.0293. The van der Waals surface area contributed by atoms with E-state index in [1.807, 2.05) is 31.3 Å². The molecule has 6 rings (SSSR count). The van der Waals surface area contributed by atoms with E-state index in [1.54, 1.807) is 0 Å². The number of carbonyl (C=O) groups excluding carboxylic acids is 1. The number of rotatable bonds is 11. The van der Waals surface area contributed by atoms with Crippen LogP contribution >= 0.6 is 0 Å². The second kappa shape index (κ2) is 10.7.